The predicted octanol–water partition coefficient (Wildman–Crippen LogP) is 0.849. The van der Waals surface area contributed by atoms with Gasteiger partial charge in [0.15, 0.2) is 5.82 Å². The first-order valence-electron chi connectivity index (χ1n) is 5.56. The van der Waals surface area contributed by atoms with Gasteiger partial charge in [0.05, 0.1) is 5.69 Å². The molecule has 0 radical (unpaired) electrons. The van der Waals surface area contributed by atoms with E-state index < -0.39 is 0 Å². The molecule has 0 aromatic carbocycles. The number of ether oxygens (including phenoxy) is 1. The third-order valence-corrected chi connectivity index (χ3v) is 2.97. The molecular weight excluding hydrogens is 192 g/mol. The summed E-state index contributed by atoms with van der Waals surface area (Å²) in [6.07, 6.45) is 3.12. The summed E-state index contributed by atoms with van der Waals surface area (Å²) in [6.45, 7) is 4.75. The highest BCUT2D eigenvalue weighted by Gasteiger charge is 2.17. The molecule has 2 rings (SSSR count). The van der Waals surface area contributed by atoms with Crippen molar-refractivity contribution in [1.82, 2.24) is 15.0 Å². The van der Waals surface area contributed by atoms with Gasteiger partial charge in [-0.1, -0.05) is 12.1 Å². The Morgan fingerprint density at radius 2 is 2.20 bits per heavy atom. The molecule has 0 saturated carbocycles. The van der Waals surface area contributed by atoms with Gasteiger partial charge in [0.2, 0.25) is 0 Å². The molecule has 5 nitrogen and oxygen atoms in total. The van der Waals surface area contributed by atoms with Crippen LogP contribution in [0.1, 0.15) is 25.5 Å². The van der Waals surface area contributed by atoms with E-state index in [1.54, 1.807) is 0 Å². The number of aromatic nitrogens is 3. The van der Waals surface area contributed by atoms with Crippen molar-refractivity contribution in [1.29, 1.82) is 0 Å². The Bertz CT molecular complexity index is 317. The van der Waals surface area contributed by atoms with Gasteiger partial charge in [-0.25, -0.2) is 4.68 Å². The molecule has 0 unspecified atom stereocenters. The average Bonchev–Trinajstić information content (AvgIpc) is 2.61. The van der Waals surface area contributed by atoms with E-state index in [0.29, 0.717) is 11.7 Å². The van der Waals surface area contributed by atoms with Crippen molar-refractivity contribution in [2.24, 2.45) is 5.92 Å². The fraction of sp³-hybridized carbons (Fsp3) is 0.800. The van der Waals surface area contributed by atoms with E-state index in [4.69, 9.17) is 10.5 Å². The Labute approximate surface area is 89.6 Å². The van der Waals surface area contributed by atoms with Crippen molar-refractivity contribution in [3.05, 3.63) is 5.69 Å². The molecule has 0 aliphatic carbocycles. The summed E-state index contributed by atoms with van der Waals surface area (Å²) in [4.78, 5) is 0. The van der Waals surface area contributed by atoms with Crippen LogP contribution in [0.3, 0.4) is 0 Å². The Morgan fingerprint density at radius 3 is 2.87 bits per heavy atom. The molecule has 0 amide bonds. The predicted molar refractivity (Wildman–Crippen MR) is 57.4 cm³/mol. The first-order valence-corrected chi connectivity index (χ1v) is 5.56. The smallest absolute Gasteiger partial charge is 0.169 e. The van der Waals surface area contributed by atoms with Gasteiger partial charge in [0, 0.05) is 19.8 Å². The van der Waals surface area contributed by atoms with Crippen molar-refractivity contribution >= 4 is 5.82 Å². The van der Waals surface area contributed by atoms with E-state index in [0.717, 1.165) is 44.7 Å². The molecule has 0 atom stereocenters. The zero-order valence-electron chi connectivity index (χ0n) is 9.15. The minimum atomic E-state index is 0.574. The van der Waals surface area contributed by atoms with Gasteiger partial charge in [0.1, 0.15) is 0 Å². The van der Waals surface area contributed by atoms with Crippen molar-refractivity contribution < 1.29 is 4.74 Å². The van der Waals surface area contributed by atoms with Crippen molar-refractivity contribution in [2.75, 3.05) is 18.9 Å². The summed E-state index contributed by atoms with van der Waals surface area (Å²) in [5.74, 6) is 1.23. The van der Waals surface area contributed by atoms with Crippen LogP contribution in [-0.4, -0.2) is 28.2 Å². The first kappa shape index (κ1) is 10.4. The Balaban J connectivity index is 2.02. The third kappa shape index (κ3) is 2.28. The van der Waals surface area contributed by atoms with Crippen molar-refractivity contribution in [3.8, 4) is 0 Å². The molecule has 2 heterocycles. The van der Waals surface area contributed by atoms with E-state index in [-0.39, 0.29) is 0 Å². The summed E-state index contributed by atoms with van der Waals surface area (Å²) in [5.41, 5.74) is 6.79. The molecule has 1 aliphatic heterocycles. The molecule has 5 heteroatoms. The summed E-state index contributed by atoms with van der Waals surface area (Å²) in [6, 6.07) is 0. The molecule has 0 spiro atoms. The molecule has 1 aromatic heterocycles. The SMILES string of the molecule is CCc1c(N)nnn1CC1CCOCC1. The van der Waals surface area contributed by atoms with Gasteiger partial charge in [-0.2, -0.15) is 0 Å². The van der Waals surface area contributed by atoms with E-state index in [2.05, 4.69) is 17.2 Å². The molecular formula is C10H18N4O. The molecule has 0 bridgehead atoms. The number of nitrogens with two attached hydrogens (primary N) is 1. The largest absolute Gasteiger partial charge is 0.381 e. The number of nitrogens with zero attached hydrogens (tertiary/aromatic N) is 3. The van der Waals surface area contributed by atoms with Crippen LogP contribution in [0.2, 0.25) is 0 Å². The highest BCUT2D eigenvalue weighted by Crippen LogP contribution is 2.18. The van der Waals surface area contributed by atoms with Crippen LogP contribution < -0.4 is 5.73 Å². The lowest BCUT2D eigenvalue weighted by Crippen LogP contribution is -2.22. The first-order chi connectivity index (χ1) is 7.31. The number of hydrogen-bond donors (Lipinski definition) is 1. The van der Waals surface area contributed by atoms with Gasteiger partial charge in [0.25, 0.3) is 0 Å². The number of rotatable bonds is 3. The summed E-state index contributed by atoms with van der Waals surface area (Å²) < 4.78 is 7.28. The van der Waals surface area contributed by atoms with Gasteiger partial charge >= 0.3 is 0 Å². The quantitative estimate of drug-likeness (QED) is 0.803. The van der Waals surface area contributed by atoms with Gasteiger partial charge in [-0.3, -0.25) is 0 Å². The highest BCUT2D eigenvalue weighted by atomic mass is 16.5. The van der Waals surface area contributed by atoms with Crippen molar-refractivity contribution in [3.63, 3.8) is 0 Å². The lowest BCUT2D eigenvalue weighted by molar-refractivity contribution is 0.0597. The topological polar surface area (TPSA) is 66.0 Å². The van der Waals surface area contributed by atoms with E-state index in [9.17, 15) is 0 Å². The van der Waals surface area contributed by atoms with Crippen LogP contribution in [0.25, 0.3) is 0 Å². The Hall–Kier alpha value is -1.10. The van der Waals surface area contributed by atoms with Crippen LogP contribution in [0.4, 0.5) is 5.82 Å². The molecule has 84 valence electrons. The average molecular weight is 210 g/mol. The van der Waals surface area contributed by atoms with E-state index >= 15 is 0 Å². The molecule has 2 N–H and O–H groups in total. The highest BCUT2D eigenvalue weighted by molar-refractivity contribution is 5.32. The maximum atomic E-state index is 5.74. The second kappa shape index (κ2) is 4.61. The van der Waals surface area contributed by atoms with Gasteiger partial charge in [-0.05, 0) is 25.2 Å². The van der Waals surface area contributed by atoms with Gasteiger partial charge < -0.3 is 10.5 Å². The normalized spacial score (nSPS) is 18.2. The van der Waals surface area contributed by atoms with E-state index in [1.807, 2.05) is 4.68 Å². The molecule has 1 aromatic rings. The monoisotopic (exact) mass is 210 g/mol. The third-order valence-electron chi connectivity index (χ3n) is 2.97. The molecule has 1 aliphatic rings. The minimum absolute atomic E-state index is 0.574. The number of anilines is 1. The summed E-state index contributed by atoms with van der Waals surface area (Å²) >= 11 is 0. The molecule has 15 heavy (non-hydrogen) atoms. The van der Waals surface area contributed by atoms with Crippen LogP contribution in [0, 0.1) is 5.92 Å². The van der Waals surface area contributed by atoms with Crippen LogP contribution in [-0.2, 0) is 17.7 Å². The summed E-state index contributed by atoms with van der Waals surface area (Å²) in [7, 11) is 0. The maximum absolute atomic E-state index is 5.74. The lowest BCUT2D eigenvalue weighted by Gasteiger charge is -2.22. The lowest BCUT2D eigenvalue weighted by atomic mass is 10.0. The zero-order valence-corrected chi connectivity index (χ0v) is 9.15. The second-order valence-electron chi connectivity index (χ2n) is 4.01. The molecule has 1 saturated heterocycles. The summed E-state index contributed by atoms with van der Waals surface area (Å²) in [5, 5.41) is 7.99. The van der Waals surface area contributed by atoms with Crippen LogP contribution >= 0.6 is 0 Å². The second-order valence-corrected chi connectivity index (χ2v) is 4.01. The zero-order chi connectivity index (χ0) is 10.7. The van der Waals surface area contributed by atoms with Gasteiger partial charge in [-0.15, -0.1) is 5.10 Å². The fourth-order valence-corrected chi connectivity index (χ4v) is 2.03. The fourth-order valence-electron chi connectivity index (χ4n) is 2.03. The standard InChI is InChI=1S/C10H18N4O/c1-2-9-10(11)12-13-14(9)7-8-3-5-15-6-4-8/h8H,2-7,11H2,1H3. The maximum Gasteiger partial charge on any atom is 0.169 e. The number of nitrogen functional groups attached to an aromatic ring is 1. The van der Waals surface area contributed by atoms with Crippen LogP contribution in [0.5, 0.6) is 0 Å². The Morgan fingerprint density at radius 1 is 1.47 bits per heavy atom. The Kier molecular flexibility index (Phi) is 3.20. The van der Waals surface area contributed by atoms with E-state index in [1.165, 1.54) is 0 Å². The van der Waals surface area contributed by atoms with Crippen LogP contribution in [0.15, 0.2) is 0 Å². The van der Waals surface area contributed by atoms with Crippen molar-refractivity contribution in [2.45, 2.75) is 32.7 Å². The minimum Gasteiger partial charge on any atom is -0.381 e. The number of hydrogen-bond acceptors (Lipinski definition) is 4. The molecule has 1 fully saturated rings.